The lowest BCUT2D eigenvalue weighted by Crippen LogP contribution is -2.22. The molecule has 0 amide bonds. The zero-order chi connectivity index (χ0) is 10.3. The predicted octanol–water partition coefficient (Wildman–Crippen LogP) is 3.07. The summed E-state index contributed by atoms with van der Waals surface area (Å²) in [5.41, 5.74) is 11.0. The van der Waals surface area contributed by atoms with Crippen molar-refractivity contribution in [2.45, 2.75) is 27.2 Å². The van der Waals surface area contributed by atoms with Gasteiger partial charge in [-0.3, -0.25) is 0 Å². The first kappa shape index (κ1) is 9.32. The van der Waals surface area contributed by atoms with Crippen LogP contribution in [0.2, 0.25) is 0 Å². The van der Waals surface area contributed by atoms with E-state index in [4.69, 9.17) is 5.73 Å². The van der Waals surface area contributed by atoms with Crippen LogP contribution in [0.15, 0.2) is 46.7 Å². The van der Waals surface area contributed by atoms with Gasteiger partial charge in [0.05, 0.1) is 0 Å². The predicted molar refractivity (Wildman–Crippen MR) is 60.6 cm³/mol. The molecule has 0 aromatic rings. The smallest absolute Gasteiger partial charge is 0.0276 e. The van der Waals surface area contributed by atoms with Crippen LogP contribution in [0.4, 0.5) is 0 Å². The number of nitrogens with two attached hydrogens (primary N) is 1. The molecule has 2 N–H and O–H groups in total. The normalized spacial score (nSPS) is 31.1. The molecule has 74 valence electrons. The summed E-state index contributed by atoms with van der Waals surface area (Å²) in [7, 11) is 0. The Morgan fingerprint density at radius 1 is 1.21 bits per heavy atom. The molecule has 2 aliphatic carbocycles. The summed E-state index contributed by atoms with van der Waals surface area (Å²) in [6.45, 7) is 6.60. The molecule has 0 aromatic heterocycles. The Balaban J connectivity index is 2.50. The average Bonchev–Trinajstić information content (AvgIpc) is 2.10. The van der Waals surface area contributed by atoms with Gasteiger partial charge in [0.25, 0.3) is 0 Å². The van der Waals surface area contributed by atoms with Gasteiger partial charge in [0.2, 0.25) is 0 Å². The molecule has 0 aromatic carbocycles. The largest absolute Gasteiger partial charge is 0.399 e. The quantitative estimate of drug-likeness (QED) is 0.619. The van der Waals surface area contributed by atoms with Gasteiger partial charge in [-0.15, -0.1) is 0 Å². The van der Waals surface area contributed by atoms with Crippen molar-refractivity contribution in [2.24, 2.45) is 11.1 Å². The average molecular weight is 187 g/mol. The maximum atomic E-state index is 5.82. The standard InChI is InChI=1S/C13H17N/c1-9-6-11-7-12(14)4-5-13(11,3)8-10(9)2/h4,6-8H,5,14H2,1-3H3. The van der Waals surface area contributed by atoms with Crippen LogP contribution in [0.5, 0.6) is 0 Å². The highest BCUT2D eigenvalue weighted by atomic mass is 14.6. The second-order valence-electron chi connectivity index (χ2n) is 4.58. The highest BCUT2D eigenvalue weighted by Gasteiger charge is 2.29. The van der Waals surface area contributed by atoms with E-state index in [9.17, 15) is 0 Å². The molecule has 0 aliphatic heterocycles. The fourth-order valence-electron chi connectivity index (χ4n) is 2.14. The number of fused-ring (bicyclic) bond motifs is 1. The van der Waals surface area contributed by atoms with E-state index in [1.54, 1.807) is 0 Å². The SMILES string of the molecule is CC1=CC2=CC(N)=CCC2(C)C=C1C. The molecular formula is C13H17N. The third-order valence-corrected chi connectivity index (χ3v) is 3.27. The van der Waals surface area contributed by atoms with Gasteiger partial charge in [0, 0.05) is 11.1 Å². The van der Waals surface area contributed by atoms with E-state index in [1.807, 2.05) is 0 Å². The zero-order valence-electron chi connectivity index (χ0n) is 9.09. The molecule has 14 heavy (non-hydrogen) atoms. The third kappa shape index (κ3) is 1.33. The van der Waals surface area contributed by atoms with Crippen molar-refractivity contribution in [3.05, 3.63) is 46.7 Å². The Kier molecular flexibility index (Phi) is 1.91. The molecule has 1 unspecified atom stereocenters. The van der Waals surface area contributed by atoms with Crippen molar-refractivity contribution in [3.63, 3.8) is 0 Å². The van der Waals surface area contributed by atoms with Crippen LogP contribution in [0.3, 0.4) is 0 Å². The van der Waals surface area contributed by atoms with Crippen LogP contribution in [0, 0.1) is 5.41 Å². The summed E-state index contributed by atoms with van der Waals surface area (Å²) >= 11 is 0. The zero-order valence-corrected chi connectivity index (χ0v) is 9.09. The molecular weight excluding hydrogens is 170 g/mol. The van der Waals surface area contributed by atoms with Crippen LogP contribution in [-0.2, 0) is 0 Å². The molecule has 1 nitrogen and oxygen atoms in total. The van der Waals surface area contributed by atoms with Crippen LogP contribution >= 0.6 is 0 Å². The fourth-order valence-corrected chi connectivity index (χ4v) is 2.14. The Labute approximate surface area is 85.7 Å². The summed E-state index contributed by atoms with van der Waals surface area (Å²) in [5.74, 6) is 0. The lowest BCUT2D eigenvalue weighted by molar-refractivity contribution is 0.517. The van der Waals surface area contributed by atoms with Gasteiger partial charge in [0.1, 0.15) is 0 Å². The topological polar surface area (TPSA) is 26.0 Å². The Morgan fingerprint density at radius 3 is 2.64 bits per heavy atom. The van der Waals surface area contributed by atoms with E-state index in [0.717, 1.165) is 12.1 Å². The molecule has 0 saturated heterocycles. The Hall–Kier alpha value is -1.24. The number of hydrogen-bond acceptors (Lipinski definition) is 1. The lowest BCUT2D eigenvalue weighted by atomic mass is 9.71. The first-order chi connectivity index (χ1) is 6.51. The third-order valence-electron chi connectivity index (χ3n) is 3.27. The monoisotopic (exact) mass is 187 g/mol. The van der Waals surface area contributed by atoms with Crippen LogP contribution < -0.4 is 5.73 Å². The lowest BCUT2D eigenvalue weighted by Gasteiger charge is -2.34. The van der Waals surface area contributed by atoms with Gasteiger partial charge < -0.3 is 5.73 Å². The number of rotatable bonds is 0. The van der Waals surface area contributed by atoms with Gasteiger partial charge in [-0.05, 0) is 37.5 Å². The van der Waals surface area contributed by atoms with Crippen molar-refractivity contribution in [3.8, 4) is 0 Å². The summed E-state index contributed by atoms with van der Waals surface area (Å²) < 4.78 is 0. The molecule has 1 atom stereocenters. The Morgan fingerprint density at radius 2 is 1.93 bits per heavy atom. The minimum Gasteiger partial charge on any atom is -0.399 e. The summed E-state index contributed by atoms with van der Waals surface area (Å²) in [4.78, 5) is 0. The summed E-state index contributed by atoms with van der Waals surface area (Å²) in [5, 5.41) is 0. The van der Waals surface area contributed by atoms with E-state index in [1.165, 1.54) is 16.7 Å². The summed E-state index contributed by atoms with van der Waals surface area (Å²) in [6, 6.07) is 0. The maximum Gasteiger partial charge on any atom is 0.0276 e. The van der Waals surface area contributed by atoms with E-state index >= 15 is 0 Å². The van der Waals surface area contributed by atoms with Crippen molar-refractivity contribution in [1.82, 2.24) is 0 Å². The second kappa shape index (κ2) is 2.88. The highest BCUT2D eigenvalue weighted by Crippen LogP contribution is 2.42. The van der Waals surface area contributed by atoms with Gasteiger partial charge in [-0.25, -0.2) is 0 Å². The minimum absolute atomic E-state index is 0.173. The van der Waals surface area contributed by atoms with Crippen molar-refractivity contribution >= 4 is 0 Å². The molecule has 0 saturated carbocycles. The second-order valence-corrected chi connectivity index (χ2v) is 4.58. The molecule has 0 fully saturated rings. The Bertz CT molecular complexity index is 393. The highest BCUT2D eigenvalue weighted by molar-refractivity contribution is 5.50. The van der Waals surface area contributed by atoms with Gasteiger partial charge >= 0.3 is 0 Å². The van der Waals surface area contributed by atoms with Gasteiger partial charge in [0.15, 0.2) is 0 Å². The summed E-state index contributed by atoms with van der Waals surface area (Å²) in [6.07, 6.45) is 9.84. The number of hydrogen-bond donors (Lipinski definition) is 1. The molecule has 0 bridgehead atoms. The van der Waals surface area contributed by atoms with Crippen LogP contribution in [-0.4, -0.2) is 0 Å². The van der Waals surface area contributed by atoms with Gasteiger partial charge in [-0.1, -0.05) is 30.7 Å². The first-order valence-electron chi connectivity index (χ1n) is 5.07. The van der Waals surface area contributed by atoms with Gasteiger partial charge in [-0.2, -0.15) is 0 Å². The first-order valence-corrected chi connectivity index (χ1v) is 5.07. The maximum absolute atomic E-state index is 5.82. The minimum atomic E-state index is 0.173. The molecule has 0 radical (unpaired) electrons. The van der Waals surface area contributed by atoms with Crippen LogP contribution in [0.1, 0.15) is 27.2 Å². The molecule has 1 heteroatoms. The molecule has 0 heterocycles. The fraction of sp³-hybridized carbons (Fsp3) is 0.385. The molecule has 2 aliphatic rings. The molecule has 0 spiro atoms. The van der Waals surface area contributed by atoms with Crippen molar-refractivity contribution < 1.29 is 0 Å². The van der Waals surface area contributed by atoms with E-state index < -0.39 is 0 Å². The van der Waals surface area contributed by atoms with Crippen molar-refractivity contribution in [1.29, 1.82) is 0 Å². The van der Waals surface area contributed by atoms with Crippen LogP contribution in [0.25, 0.3) is 0 Å². The van der Waals surface area contributed by atoms with E-state index in [2.05, 4.69) is 45.1 Å². The molecule has 2 rings (SSSR count). The van der Waals surface area contributed by atoms with E-state index in [0.29, 0.717) is 0 Å². The number of allylic oxidation sites excluding steroid dienone is 7. The van der Waals surface area contributed by atoms with Crippen molar-refractivity contribution in [2.75, 3.05) is 0 Å². The van der Waals surface area contributed by atoms with E-state index in [-0.39, 0.29) is 5.41 Å².